The van der Waals surface area contributed by atoms with Crippen LogP contribution in [0.2, 0.25) is 0 Å². The normalized spacial score (nSPS) is 10.6. The number of aromatic nitrogens is 1. The van der Waals surface area contributed by atoms with Gasteiger partial charge in [0.1, 0.15) is 12.2 Å². The first kappa shape index (κ1) is 22.1. The molecule has 0 radical (unpaired) electrons. The number of para-hydroxylation sites is 1. The van der Waals surface area contributed by atoms with Gasteiger partial charge in [0.2, 0.25) is 5.91 Å². The average molecular weight is 439 g/mol. The fraction of sp³-hybridized carbons (Fsp3) is 0.227. The second-order valence-corrected chi connectivity index (χ2v) is 7.91. The third kappa shape index (κ3) is 4.77. The number of carbonyl (C=O) groups excluding carboxylic acids is 2. The van der Waals surface area contributed by atoms with Crippen LogP contribution >= 0.6 is 11.3 Å². The topological polar surface area (TPSA) is 103 Å². The second kappa shape index (κ2) is 9.05. The molecule has 1 aromatic heterocycles. The largest absolute Gasteiger partial charge is 0.455 e. The highest BCUT2D eigenvalue weighted by molar-refractivity contribution is 7.14. The van der Waals surface area contributed by atoms with Gasteiger partial charge in [-0.15, -0.1) is 11.3 Å². The van der Waals surface area contributed by atoms with Crippen LogP contribution in [0.1, 0.15) is 39.7 Å². The molecular weight excluding hydrogens is 418 g/mol. The molecule has 1 heterocycles. The highest BCUT2D eigenvalue weighted by Crippen LogP contribution is 2.34. The van der Waals surface area contributed by atoms with Crippen molar-refractivity contribution in [1.29, 1.82) is 0 Å². The van der Waals surface area contributed by atoms with E-state index in [1.165, 1.54) is 42.5 Å². The molecular formula is C22H21N3O5S. The Balaban J connectivity index is 1.82. The predicted molar refractivity (Wildman–Crippen MR) is 118 cm³/mol. The average Bonchev–Trinajstić information content (AvgIpc) is 3.16. The number of rotatable bonds is 6. The first-order valence-corrected chi connectivity index (χ1v) is 10.3. The number of hydrogen-bond acceptors (Lipinski definition) is 7. The highest BCUT2D eigenvalue weighted by Gasteiger charge is 2.23. The van der Waals surface area contributed by atoms with Crippen molar-refractivity contribution in [2.45, 2.75) is 34.3 Å². The van der Waals surface area contributed by atoms with Crippen LogP contribution in [0, 0.1) is 30.9 Å². The Morgan fingerprint density at radius 2 is 1.81 bits per heavy atom. The summed E-state index contributed by atoms with van der Waals surface area (Å²) < 4.78 is 5.22. The first-order valence-electron chi connectivity index (χ1n) is 9.42. The van der Waals surface area contributed by atoms with Crippen molar-refractivity contribution >= 4 is 39.7 Å². The second-order valence-electron chi connectivity index (χ2n) is 7.07. The molecule has 3 rings (SSSR count). The van der Waals surface area contributed by atoms with E-state index in [4.69, 9.17) is 4.74 Å². The van der Waals surface area contributed by atoms with Gasteiger partial charge in [-0.25, -0.2) is 9.78 Å². The number of nitrogens with zero attached hydrogens (tertiary/aromatic N) is 3. The number of thiazole rings is 1. The van der Waals surface area contributed by atoms with Crippen molar-refractivity contribution in [1.82, 2.24) is 4.98 Å². The third-order valence-corrected chi connectivity index (χ3v) is 5.45. The maximum Gasteiger partial charge on any atom is 0.345 e. The van der Waals surface area contributed by atoms with Crippen molar-refractivity contribution in [2.75, 3.05) is 4.90 Å². The lowest BCUT2D eigenvalue weighted by molar-refractivity contribution is -0.385. The molecule has 0 aliphatic rings. The molecule has 3 aromatic rings. The van der Waals surface area contributed by atoms with Gasteiger partial charge in [-0.2, -0.15) is 0 Å². The van der Waals surface area contributed by atoms with Crippen molar-refractivity contribution in [3.63, 3.8) is 0 Å². The molecule has 0 saturated heterocycles. The minimum atomic E-state index is -0.810. The zero-order valence-corrected chi connectivity index (χ0v) is 18.4. The standard InChI is InChI=1S/C22H21N3O5S/c1-13-9-14(2)20(15(3)10-13)24(16(4)26)22-23-17(12-31-22)11-30-21(27)18-7-5-6-8-19(18)25(28)29/h5-10,12H,11H2,1-4H3. The Hall–Kier alpha value is -3.59. The number of anilines is 2. The third-order valence-electron chi connectivity index (χ3n) is 4.58. The molecule has 0 aliphatic carbocycles. The van der Waals surface area contributed by atoms with Gasteiger partial charge in [-0.1, -0.05) is 29.8 Å². The van der Waals surface area contributed by atoms with Crippen LogP contribution < -0.4 is 4.90 Å². The van der Waals surface area contributed by atoms with Crippen LogP contribution in [0.5, 0.6) is 0 Å². The van der Waals surface area contributed by atoms with Gasteiger partial charge in [0.15, 0.2) is 5.13 Å². The van der Waals surface area contributed by atoms with Crippen molar-refractivity contribution in [2.24, 2.45) is 0 Å². The molecule has 0 fully saturated rings. The fourth-order valence-corrected chi connectivity index (χ4v) is 4.26. The Morgan fingerprint density at radius 3 is 2.42 bits per heavy atom. The summed E-state index contributed by atoms with van der Waals surface area (Å²) in [5.41, 5.74) is 3.78. The molecule has 0 spiro atoms. The number of carbonyl (C=O) groups is 2. The summed E-state index contributed by atoms with van der Waals surface area (Å²) in [6.45, 7) is 7.17. The lowest BCUT2D eigenvalue weighted by Gasteiger charge is -2.23. The number of ether oxygens (including phenoxy) is 1. The summed E-state index contributed by atoms with van der Waals surface area (Å²) in [6.07, 6.45) is 0. The lowest BCUT2D eigenvalue weighted by Crippen LogP contribution is -2.24. The SMILES string of the molecule is CC(=O)N(c1nc(COC(=O)c2ccccc2[N+](=O)[O-])cs1)c1c(C)cc(C)cc1C. The summed E-state index contributed by atoms with van der Waals surface area (Å²) in [7, 11) is 0. The van der Waals surface area contributed by atoms with Crippen molar-refractivity contribution < 1.29 is 19.2 Å². The molecule has 0 unspecified atom stereocenters. The van der Waals surface area contributed by atoms with Gasteiger partial charge < -0.3 is 4.74 Å². The zero-order valence-electron chi connectivity index (χ0n) is 17.5. The molecule has 1 amide bonds. The van der Waals surface area contributed by atoms with Gasteiger partial charge in [0.25, 0.3) is 5.69 Å². The summed E-state index contributed by atoms with van der Waals surface area (Å²) >= 11 is 1.25. The number of hydrogen-bond donors (Lipinski definition) is 0. The van der Waals surface area contributed by atoms with Gasteiger partial charge in [0, 0.05) is 18.4 Å². The number of aryl methyl sites for hydroxylation is 3. The van der Waals surface area contributed by atoms with Crippen LogP contribution in [0.4, 0.5) is 16.5 Å². The molecule has 0 bridgehead atoms. The maximum atomic E-state index is 12.4. The molecule has 0 N–H and O–H groups in total. The van der Waals surface area contributed by atoms with Crippen LogP contribution in [-0.4, -0.2) is 21.8 Å². The molecule has 0 saturated carbocycles. The zero-order chi connectivity index (χ0) is 22.7. The first-order chi connectivity index (χ1) is 14.7. The van der Waals surface area contributed by atoms with Gasteiger partial charge in [0.05, 0.1) is 16.3 Å². The number of nitro groups is 1. The smallest absolute Gasteiger partial charge is 0.345 e. The summed E-state index contributed by atoms with van der Waals surface area (Å²) in [5.74, 6) is -0.997. The van der Waals surface area contributed by atoms with Crippen LogP contribution in [0.25, 0.3) is 0 Å². The number of esters is 1. The molecule has 0 aliphatic heterocycles. The fourth-order valence-electron chi connectivity index (χ4n) is 3.40. The minimum absolute atomic E-state index is 0.126. The van der Waals surface area contributed by atoms with Gasteiger partial charge in [-0.05, 0) is 38.0 Å². The Labute approximate surface area is 183 Å². The number of nitro benzene ring substituents is 1. The van der Waals surface area contributed by atoms with Crippen LogP contribution in [0.3, 0.4) is 0 Å². The van der Waals surface area contributed by atoms with E-state index in [0.29, 0.717) is 10.8 Å². The van der Waals surface area contributed by atoms with Gasteiger partial charge in [-0.3, -0.25) is 19.8 Å². The van der Waals surface area contributed by atoms with E-state index in [0.717, 1.165) is 22.4 Å². The van der Waals surface area contributed by atoms with E-state index >= 15 is 0 Å². The van der Waals surface area contributed by atoms with Crippen molar-refractivity contribution in [3.8, 4) is 0 Å². The van der Waals surface area contributed by atoms with E-state index < -0.39 is 10.9 Å². The van der Waals surface area contributed by atoms with Crippen LogP contribution in [-0.2, 0) is 16.1 Å². The molecule has 0 atom stereocenters. The summed E-state index contributed by atoms with van der Waals surface area (Å²) in [4.78, 5) is 41.2. The van der Waals surface area contributed by atoms with E-state index in [1.807, 2.05) is 32.9 Å². The molecule has 31 heavy (non-hydrogen) atoms. The van der Waals surface area contributed by atoms with E-state index in [-0.39, 0.29) is 23.8 Å². The Kier molecular flexibility index (Phi) is 6.45. The molecule has 160 valence electrons. The maximum absolute atomic E-state index is 12.4. The molecule has 2 aromatic carbocycles. The van der Waals surface area contributed by atoms with E-state index in [2.05, 4.69) is 4.98 Å². The number of amides is 1. The van der Waals surface area contributed by atoms with E-state index in [1.54, 1.807) is 10.3 Å². The lowest BCUT2D eigenvalue weighted by atomic mass is 10.0. The van der Waals surface area contributed by atoms with E-state index in [9.17, 15) is 19.7 Å². The monoisotopic (exact) mass is 439 g/mol. The minimum Gasteiger partial charge on any atom is -0.455 e. The Bertz CT molecular complexity index is 1150. The quantitative estimate of drug-likeness (QED) is 0.304. The highest BCUT2D eigenvalue weighted by atomic mass is 32.1. The summed E-state index contributed by atoms with van der Waals surface area (Å²) in [6, 6.07) is 9.60. The van der Waals surface area contributed by atoms with Gasteiger partial charge >= 0.3 is 5.97 Å². The van der Waals surface area contributed by atoms with Crippen LogP contribution in [0.15, 0.2) is 41.8 Å². The predicted octanol–water partition coefficient (Wildman–Crippen LogP) is 5.02. The molecule has 9 heteroatoms. The molecule has 8 nitrogen and oxygen atoms in total. The Morgan fingerprint density at radius 1 is 1.16 bits per heavy atom. The summed E-state index contributed by atoms with van der Waals surface area (Å²) in [5, 5.41) is 13.3. The number of benzene rings is 2. The van der Waals surface area contributed by atoms with Crippen molar-refractivity contribution in [3.05, 3.63) is 79.8 Å².